The summed E-state index contributed by atoms with van der Waals surface area (Å²) in [5.74, 6) is 1.17. The van der Waals surface area contributed by atoms with Crippen molar-refractivity contribution >= 4 is 5.91 Å². The summed E-state index contributed by atoms with van der Waals surface area (Å²) in [5.41, 5.74) is 5.19. The first-order valence-electron chi connectivity index (χ1n) is 10.7. The number of aromatic nitrogens is 2. The van der Waals surface area contributed by atoms with E-state index in [4.69, 9.17) is 0 Å². The highest BCUT2D eigenvalue weighted by Gasteiger charge is 2.47. The molecule has 154 valence electrons. The van der Waals surface area contributed by atoms with Crippen molar-refractivity contribution in [2.45, 2.75) is 19.9 Å². The lowest BCUT2D eigenvalue weighted by atomic mass is 9.90. The molecule has 1 aromatic heterocycles. The fourth-order valence-electron chi connectivity index (χ4n) is 5.39. The minimum Gasteiger partial charge on any atom is -0.338 e. The second kappa shape index (κ2) is 7.40. The van der Waals surface area contributed by atoms with Crippen LogP contribution in [0.3, 0.4) is 0 Å². The van der Waals surface area contributed by atoms with Crippen molar-refractivity contribution < 1.29 is 4.79 Å². The smallest absolute Gasteiger partial charge is 0.253 e. The molecule has 5 nitrogen and oxygen atoms in total. The molecule has 0 N–H and O–H groups in total. The highest BCUT2D eigenvalue weighted by Crippen LogP contribution is 2.44. The van der Waals surface area contributed by atoms with E-state index in [9.17, 15) is 4.79 Å². The lowest BCUT2D eigenvalue weighted by Crippen LogP contribution is -2.33. The van der Waals surface area contributed by atoms with Crippen molar-refractivity contribution in [3.05, 3.63) is 83.2 Å². The average Bonchev–Trinajstić information content (AvgIpc) is 3.39. The van der Waals surface area contributed by atoms with Crippen LogP contribution in [0.5, 0.6) is 0 Å². The molecule has 2 aliphatic rings. The normalized spacial score (nSPS) is 23.7. The van der Waals surface area contributed by atoms with Crippen molar-refractivity contribution in [3.8, 4) is 5.69 Å². The summed E-state index contributed by atoms with van der Waals surface area (Å²) >= 11 is 0. The summed E-state index contributed by atoms with van der Waals surface area (Å²) in [5, 5.41) is 4.53. The number of rotatable bonds is 3. The van der Waals surface area contributed by atoms with Crippen molar-refractivity contribution in [1.82, 2.24) is 19.6 Å². The van der Waals surface area contributed by atoms with Gasteiger partial charge in [0, 0.05) is 42.9 Å². The molecule has 0 bridgehead atoms. The van der Waals surface area contributed by atoms with E-state index in [1.807, 2.05) is 42.8 Å². The molecule has 2 fully saturated rings. The zero-order chi connectivity index (χ0) is 20.8. The van der Waals surface area contributed by atoms with Crippen LogP contribution in [0.15, 0.2) is 60.7 Å². The molecule has 2 aromatic carbocycles. The first-order chi connectivity index (χ1) is 14.5. The van der Waals surface area contributed by atoms with Crippen LogP contribution in [0.1, 0.15) is 33.4 Å². The monoisotopic (exact) mass is 400 g/mol. The molecule has 3 atom stereocenters. The van der Waals surface area contributed by atoms with E-state index in [0.29, 0.717) is 17.9 Å². The predicted molar refractivity (Wildman–Crippen MR) is 118 cm³/mol. The summed E-state index contributed by atoms with van der Waals surface area (Å²) in [7, 11) is 2.21. The van der Waals surface area contributed by atoms with Crippen LogP contribution in [0.2, 0.25) is 0 Å². The fraction of sp³-hybridized carbons (Fsp3) is 0.360. The number of carbonyl (C=O) groups excluding carboxylic acids is 1. The maximum atomic E-state index is 13.2. The van der Waals surface area contributed by atoms with Crippen molar-refractivity contribution in [3.63, 3.8) is 0 Å². The molecule has 0 unspecified atom stereocenters. The van der Waals surface area contributed by atoms with Gasteiger partial charge in [-0.15, -0.1) is 0 Å². The van der Waals surface area contributed by atoms with E-state index >= 15 is 0 Å². The quantitative estimate of drug-likeness (QED) is 0.670. The lowest BCUT2D eigenvalue weighted by Gasteiger charge is -2.27. The maximum absolute atomic E-state index is 13.2. The Labute approximate surface area is 177 Å². The topological polar surface area (TPSA) is 41.4 Å². The molecule has 0 spiro atoms. The zero-order valence-electron chi connectivity index (χ0n) is 17.8. The Hall–Kier alpha value is -2.92. The predicted octanol–water partition coefficient (Wildman–Crippen LogP) is 3.86. The highest BCUT2D eigenvalue weighted by atomic mass is 16.2. The number of nitrogens with zero attached hydrogens (tertiary/aromatic N) is 4. The van der Waals surface area contributed by atoms with Crippen molar-refractivity contribution in [2.75, 3.05) is 26.7 Å². The zero-order valence-corrected chi connectivity index (χ0v) is 17.8. The Morgan fingerprint density at radius 2 is 1.70 bits per heavy atom. The van der Waals surface area contributed by atoms with E-state index in [1.54, 1.807) is 0 Å². The minimum atomic E-state index is 0.138. The van der Waals surface area contributed by atoms with Gasteiger partial charge in [0.15, 0.2) is 0 Å². The van der Waals surface area contributed by atoms with E-state index in [0.717, 1.165) is 42.3 Å². The second-order valence-electron chi connectivity index (χ2n) is 8.81. The molecule has 2 aliphatic heterocycles. The SMILES string of the molecule is Cc1cc(C)n(-c2ccc(C(=O)N3C[C@@H]4CN(C)[C@@H](c5ccccc5)[C@@H]4C3)cc2)n1. The van der Waals surface area contributed by atoms with Crippen LogP contribution in [0.4, 0.5) is 0 Å². The molecular formula is C25H28N4O. The van der Waals surface area contributed by atoms with E-state index in [-0.39, 0.29) is 5.91 Å². The molecule has 0 aliphatic carbocycles. The van der Waals surface area contributed by atoms with E-state index in [2.05, 4.69) is 58.3 Å². The number of hydrogen-bond acceptors (Lipinski definition) is 3. The highest BCUT2D eigenvalue weighted by molar-refractivity contribution is 5.94. The first-order valence-corrected chi connectivity index (χ1v) is 10.7. The summed E-state index contributed by atoms with van der Waals surface area (Å²) in [4.78, 5) is 17.7. The van der Waals surface area contributed by atoms with Gasteiger partial charge >= 0.3 is 0 Å². The van der Waals surface area contributed by atoms with Gasteiger partial charge in [-0.05, 0) is 62.7 Å². The molecule has 1 amide bonds. The number of likely N-dealkylation sites (tertiary alicyclic amines) is 2. The molecule has 3 aromatic rings. The Morgan fingerprint density at radius 3 is 2.37 bits per heavy atom. The molecule has 3 heterocycles. The number of amides is 1. The summed E-state index contributed by atoms with van der Waals surface area (Å²) in [6.07, 6.45) is 0. The molecule has 5 rings (SSSR count). The van der Waals surface area contributed by atoms with Crippen LogP contribution in [-0.4, -0.2) is 52.2 Å². The minimum absolute atomic E-state index is 0.138. The van der Waals surface area contributed by atoms with Gasteiger partial charge in [-0.3, -0.25) is 9.69 Å². The molecule has 30 heavy (non-hydrogen) atoms. The second-order valence-corrected chi connectivity index (χ2v) is 8.81. The third-order valence-corrected chi connectivity index (χ3v) is 6.69. The molecule has 2 saturated heterocycles. The van der Waals surface area contributed by atoms with E-state index in [1.165, 1.54) is 5.56 Å². The van der Waals surface area contributed by atoms with Crippen LogP contribution in [0, 0.1) is 25.7 Å². The Bertz CT molecular complexity index is 1060. The maximum Gasteiger partial charge on any atom is 0.253 e. The Kier molecular flexibility index (Phi) is 4.70. The number of carbonyl (C=O) groups is 1. The molecule has 0 saturated carbocycles. The lowest BCUT2D eigenvalue weighted by molar-refractivity contribution is 0.0768. The number of benzene rings is 2. The van der Waals surface area contributed by atoms with Gasteiger partial charge in [0.05, 0.1) is 11.4 Å². The Balaban J connectivity index is 1.33. The summed E-state index contributed by atoms with van der Waals surface area (Å²) in [6, 6.07) is 21.0. The van der Waals surface area contributed by atoms with Crippen LogP contribution in [-0.2, 0) is 0 Å². The average molecular weight is 401 g/mol. The summed E-state index contributed by atoms with van der Waals surface area (Å²) in [6.45, 7) is 6.75. The Morgan fingerprint density at radius 1 is 0.967 bits per heavy atom. The van der Waals surface area contributed by atoms with Gasteiger partial charge < -0.3 is 4.90 Å². The molecule has 0 radical (unpaired) electrons. The van der Waals surface area contributed by atoms with E-state index < -0.39 is 0 Å². The number of aryl methyl sites for hydroxylation is 2. The summed E-state index contributed by atoms with van der Waals surface area (Å²) < 4.78 is 1.92. The standard InChI is InChI=1S/C25H28N4O/c1-17-13-18(2)29(26-17)22-11-9-20(10-12-22)25(30)28-15-21-14-27(3)24(23(21)16-28)19-7-5-4-6-8-19/h4-13,21,23-24H,14-16H2,1-3H3/t21-,23+,24-/m0/s1. The van der Waals surface area contributed by atoms with Crippen molar-refractivity contribution in [1.29, 1.82) is 0 Å². The van der Waals surface area contributed by atoms with Gasteiger partial charge in [0.25, 0.3) is 5.91 Å². The first kappa shape index (κ1) is 19.1. The third kappa shape index (κ3) is 3.23. The van der Waals surface area contributed by atoms with Crippen molar-refractivity contribution in [2.24, 2.45) is 11.8 Å². The van der Waals surface area contributed by atoms with Gasteiger partial charge in [0.2, 0.25) is 0 Å². The van der Waals surface area contributed by atoms with Gasteiger partial charge in [0.1, 0.15) is 0 Å². The number of fused-ring (bicyclic) bond motifs is 1. The van der Waals surface area contributed by atoms with Gasteiger partial charge in [-0.2, -0.15) is 5.10 Å². The third-order valence-electron chi connectivity index (χ3n) is 6.69. The molecular weight excluding hydrogens is 372 g/mol. The fourth-order valence-corrected chi connectivity index (χ4v) is 5.39. The van der Waals surface area contributed by atoms with Crippen LogP contribution < -0.4 is 0 Å². The molecule has 5 heteroatoms. The van der Waals surface area contributed by atoms with Gasteiger partial charge in [-0.25, -0.2) is 4.68 Å². The van der Waals surface area contributed by atoms with Crippen LogP contribution >= 0.6 is 0 Å². The number of hydrogen-bond donors (Lipinski definition) is 0. The van der Waals surface area contributed by atoms with Gasteiger partial charge in [-0.1, -0.05) is 30.3 Å². The largest absolute Gasteiger partial charge is 0.338 e. The van der Waals surface area contributed by atoms with Crippen LogP contribution in [0.25, 0.3) is 5.69 Å².